The van der Waals surface area contributed by atoms with Gasteiger partial charge in [0.05, 0.1) is 11.2 Å². The number of hydrogen-bond donors (Lipinski definition) is 3. The van der Waals surface area contributed by atoms with Crippen molar-refractivity contribution < 1.29 is 8.42 Å². The standard InChI is InChI=1S/C11H14N4O2S/c12-18(16,17)11-3-1-2-9(4-11)5-13-6-10-7-14-8-15-10/h1-4,7-8,13H,5-6H2,(H,14,15)(H2,12,16,17). The lowest BCUT2D eigenvalue weighted by Crippen LogP contribution is -2.15. The highest BCUT2D eigenvalue weighted by Crippen LogP contribution is 2.09. The molecule has 0 amide bonds. The first-order valence-electron chi connectivity index (χ1n) is 5.35. The lowest BCUT2D eigenvalue weighted by atomic mass is 10.2. The van der Waals surface area contributed by atoms with Crippen molar-refractivity contribution in [3.05, 3.63) is 48.0 Å². The minimum Gasteiger partial charge on any atom is -0.347 e. The number of primary sulfonamides is 1. The maximum atomic E-state index is 11.2. The summed E-state index contributed by atoms with van der Waals surface area (Å²) in [7, 11) is -3.64. The van der Waals surface area contributed by atoms with E-state index in [9.17, 15) is 8.42 Å². The van der Waals surface area contributed by atoms with Crippen molar-refractivity contribution in [1.82, 2.24) is 15.3 Å². The normalized spacial score (nSPS) is 11.6. The van der Waals surface area contributed by atoms with Crippen molar-refractivity contribution in [3.8, 4) is 0 Å². The van der Waals surface area contributed by atoms with Gasteiger partial charge in [-0.25, -0.2) is 18.5 Å². The number of benzene rings is 1. The van der Waals surface area contributed by atoms with Crippen molar-refractivity contribution in [2.45, 2.75) is 18.0 Å². The molecule has 0 fully saturated rings. The Morgan fingerprint density at radius 3 is 2.83 bits per heavy atom. The first-order valence-corrected chi connectivity index (χ1v) is 6.90. The van der Waals surface area contributed by atoms with E-state index in [2.05, 4.69) is 15.3 Å². The third-order valence-electron chi connectivity index (χ3n) is 2.43. The van der Waals surface area contributed by atoms with Gasteiger partial charge in [0.25, 0.3) is 0 Å². The zero-order valence-corrected chi connectivity index (χ0v) is 10.4. The summed E-state index contributed by atoms with van der Waals surface area (Å²) in [6.45, 7) is 1.20. The average molecular weight is 266 g/mol. The zero-order valence-electron chi connectivity index (χ0n) is 9.63. The predicted molar refractivity (Wildman–Crippen MR) is 66.9 cm³/mol. The molecule has 0 saturated carbocycles. The Balaban J connectivity index is 1.98. The predicted octanol–water partition coefficient (Wildman–Crippen LogP) is 0.347. The first-order chi connectivity index (χ1) is 8.55. The third kappa shape index (κ3) is 3.39. The number of nitrogens with two attached hydrogens (primary N) is 1. The van der Waals surface area contributed by atoms with E-state index < -0.39 is 10.0 Å². The summed E-state index contributed by atoms with van der Waals surface area (Å²) in [5, 5.41) is 8.25. The third-order valence-corrected chi connectivity index (χ3v) is 3.34. The highest BCUT2D eigenvalue weighted by Gasteiger charge is 2.07. The van der Waals surface area contributed by atoms with Crippen LogP contribution in [0.4, 0.5) is 0 Å². The van der Waals surface area contributed by atoms with Gasteiger partial charge in [-0.15, -0.1) is 0 Å². The van der Waals surface area contributed by atoms with Gasteiger partial charge in [-0.05, 0) is 17.7 Å². The van der Waals surface area contributed by atoms with Gasteiger partial charge in [0, 0.05) is 25.0 Å². The summed E-state index contributed by atoms with van der Waals surface area (Å²) in [5.74, 6) is 0. The van der Waals surface area contributed by atoms with E-state index >= 15 is 0 Å². The van der Waals surface area contributed by atoms with E-state index in [1.165, 1.54) is 6.07 Å². The van der Waals surface area contributed by atoms with E-state index in [-0.39, 0.29) is 4.90 Å². The fourth-order valence-electron chi connectivity index (χ4n) is 1.56. The molecule has 0 unspecified atom stereocenters. The van der Waals surface area contributed by atoms with Gasteiger partial charge < -0.3 is 10.3 Å². The smallest absolute Gasteiger partial charge is 0.238 e. The van der Waals surface area contributed by atoms with Crippen LogP contribution in [0.2, 0.25) is 0 Å². The molecule has 1 aromatic carbocycles. The summed E-state index contributed by atoms with van der Waals surface area (Å²) < 4.78 is 22.4. The molecule has 0 bridgehead atoms. The van der Waals surface area contributed by atoms with Crippen molar-refractivity contribution in [3.63, 3.8) is 0 Å². The summed E-state index contributed by atoms with van der Waals surface area (Å²) in [4.78, 5) is 7.00. The Bertz CT molecular complexity index is 608. The van der Waals surface area contributed by atoms with Gasteiger partial charge in [-0.3, -0.25) is 0 Å². The number of nitrogens with zero attached hydrogens (tertiary/aromatic N) is 1. The Kier molecular flexibility index (Phi) is 3.75. The fraction of sp³-hybridized carbons (Fsp3) is 0.182. The molecule has 7 heteroatoms. The van der Waals surface area contributed by atoms with Crippen LogP contribution in [-0.4, -0.2) is 18.4 Å². The lowest BCUT2D eigenvalue weighted by molar-refractivity contribution is 0.597. The van der Waals surface area contributed by atoms with E-state index in [1.807, 2.05) is 6.07 Å². The van der Waals surface area contributed by atoms with Crippen LogP contribution in [0.15, 0.2) is 41.7 Å². The molecule has 0 spiro atoms. The average Bonchev–Trinajstić information content (AvgIpc) is 2.81. The van der Waals surface area contributed by atoms with Crippen molar-refractivity contribution in [2.75, 3.05) is 0 Å². The molecule has 0 aliphatic heterocycles. The molecule has 0 aliphatic carbocycles. The first kappa shape index (κ1) is 12.7. The number of nitrogens with one attached hydrogen (secondary N) is 2. The highest BCUT2D eigenvalue weighted by atomic mass is 32.2. The molecule has 0 aliphatic rings. The van der Waals surface area contributed by atoms with Gasteiger partial charge in [-0.2, -0.15) is 0 Å². The molecule has 2 aromatic rings. The van der Waals surface area contributed by atoms with Crippen LogP contribution in [-0.2, 0) is 23.1 Å². The van der Waals surface area contributed by atoms with Gasteiger partial charge in [0.15, 0.2) is 0 Å². The number of sulfonamides is 1. The fourth-order valence-corrected chi connectivity index (χ4v) is 2.14. The number of hydrogen-bond acceptors (Lipinski definition) is 4. The lowest BCUT2D eigenvalue weighted by Gasteiger charge is -2.05. The summed E-state index contributed by atoms with van der Waals surface area (Å²) in [6.07, 6.45) is 3.34. The number of rotatable bonds is 5. The minimum absolute atomic E-state index is 0.128. The second-order valence-corrected chi connectivity index (χ2v) is 5.43. The molecule has 0 atom stereocenters. The molecule has 0 radical (unpaired) electrons. The van der Waals surface area contributed by atoms with Crippen LogP contribution in [0.3, 0.4) is 0 Å². The summed E-state index contributed by atoms with van der Waals surface area (Å²) >= 11 is 0. The summed E-state index contributed by atoms with van der Waals surface area (Å²) in [5.41, 5.74) is 1.83. The zero-order chi connectivity index (χ0) is 13.0. The van der Waals surface area contributed by atoms with Crippen LogP contribution in [0.25, 0.3) is 0 Å². The number of aromatic nitrogens is 2. The van der Waals surface area contributed by atoms with E-state index in [0.717, 1.165) is 11.3 Å². The maximum absolute atomic E-state index is 11.2. The number of imidazole rings is 1. The van der Waals surface area contributed by atoms with Gasteiger partial charge in [0.2, 0.25) is 10.0 Å². The van der Waals surface area contributed by atoms with Crippen LogP contribution < -0.4 is 10.5 Å². The number of aromatic amines is 1. The Hall–Kier alpha value is -1.70. The second kappa shape index (κ2) is 5.30. The summed E-state index contributed by atoms with van der Waals surface area (Å²) in [6, 6.07) is 6.56. The molecule has 6 nitrogen and oxygen atoms in total. The maximum Gasteiger partial charge on any atom is 0.238 e. The van der Waals surface area contributed by atoms with Crippen molar-refractivity contribution in [2.24, 2.45) is 5.14 Å². The Morgan fingerprint density at radius 1 is 1.33 bits per heavy atom. The van der Waals surface area contributed by atoms with E-state index in [0.29, 0.717) is 13.1 Å². The van der Waals surface area contributed by atoms with E-state index in [4.69, 9.17) is 5.14 Å². The highest BCUT2D eigenvalue weighted by molar-refractivity contribution is 7.89. The van der Waals surface area contributed by atoms with Gasteiger partial charge in [0.1, 0.15) is 0 Å². The molecule has 1 aromatic heterocycles. The monoisotopic (exact) mass is 266 g/mol. The molecule has 96 valence electrons. The molecule has 1 heterocycles. The van der Waals surface area contributed by atoms with Crippen molar-refractivity contribution in [1.29, 1.82) is 0 Å². The molecule has 2 rings (SSSR count). The Labute approximate surface area is 105 Å². The minimum atomic E-state index is -3.64. The largest absolute Gasteiger partial charge is 0.347 e. The van der Waals surface area contributed by atoms with Crippen LogP contribution >= 0.6 is 0 Å². The molecule has 0 saturated heterocycles. The molecule has 4 N–H and O–H groups in total. The second-order valence-electron chi connectivity index (χ2n) is 3.87. The molecule has 18 heavy (non-hydrogen) atoms. The van der Waals surface area contributed by atoms with E-state index in [1.54, 1.807) is 24.7 Å². The van der Waals surface area contributed by atoms with Crippen LogP contribution in [0, 0.1) is 0 Å². The van der Waals surface area contributed by atoms with Crippen molar-refractivity contribution >= 4 is 10.0 Å². The topological polar surface area (TPSA) is 101 Å². The van der Waals surface area contributed by atoms with Crippen LogP contribution in [0.1, 0.15) is 11.3 Å². The van der Waals surface area contributed by atoms with Gasteiger partial charge >= 0.3 is 0 Å². The molecular formula is C11H14N4O2S. The van der Waals surface area contributed by atoms with Gasteiger partial charge in [-0.1, -0.05) is 12.1 Å². The quantitative estimate of drug-likeness (QED) is 0.726. The molecular weight excluding hydrogens is 252 g/mol. The number of H-pyrrole nitrogens is 1. The van der Waals surface area contributed by atoms with Crippen LogP contribution in [0.5, 0.6) is 0 Å². The Morgan fingerprint density at radius 2 is 2.17 bits per heavy atom. The SMILES string of the molecule is NS(=O)(=O)c1cccc(CNCc2cnc[nH]2)c1.